The van der Waals surface area contributed by atoms with Crippen molar-refractivity contribution in [1.29, 1.82) is 0 Å². The van der Waals surface area contributed by atoms with E-state index in [1.54, 1.807) is 49.6 Å². The van der Waals surface area contributed by atoms with Gasteiger partial charge in [-0.3, -0.25) is 9.78 Å². The summed E-state index contributed by atoms with van der Waals surface area (Å²) >= 11 is 0. The summed E-state index contributed by atoms with van der Waals surface area (Å²) in [5, 5.41) is 7.84. The van der Waals surface area contributed by atoms with Crippen LogP contribution in [0.5, 0.6) is 0 Å². The van der Waals surface area contributed by atoms with E-state index in [0.29, 0.717) is 23.4 Å². The highest BCUT2D eigenvalue weighted by Gasteiger charge is 2.38. The summed E-state index contributed by atoms with van der Waals surface area (Å²) in [6, 6.07) is 7.51. The minimum atomic E-state index is -0.723. The average Bonchev–Trinajstić information content (AvgIpc) is 3.30. The number of hydrogen-bond donors (Lipinski definition) is 2. The Labute approximate surface area is 231 Å². The minimum Gasteiger partial charge on any atom is -0.380 e. The van der Waals surface area contributed by atoms with Crippen LogP contribution in [-0.4, -0.2) is 56.6 Å². The van der Waals surface area contributed by atoms with Crippen LogP contribution in [0.1, 0.15) is 43.7 Å². The zero-order valence-corrected chi connectivity index (χ0v) is 22.9. The van der Waals surface area contributed by atoms with Crippen LogP contribution in [-0.2, 0) is 16.1 Å². The number of nitrogens with one attached hydrogen (secondary N) is 1. The van der Waals surface area contributed by atoms with Crippen molar-refractivity contribution < 1.29 is 18.3 Å². The maximum atomic E-state index is 14.9. The van der Waals surface area contributed by atoms with Gasteiger partial charge >= 0.3 is 0 Å². The van der Waals surface area contributed by atoms with Crippen molar-refractivity contribution in [3.05, 3.63) is 71.7 Å². The number of benzene rings is 1. The molecule has 40 heavy (non-hydrogen) atoms. The molecule has 5 rings (SSSR count). The number of methoxy groups -OCH3 is 1. The highest BCUT2D eigenvalue weighted by molar-refractivity contribution is 5.73. The number of carbonyl (C=O) groups excluding carboxylic acids is 1. The Morgan fingerprint density at radius 1 is 1.20 bits per heavy atom. The Bertz CT molecular complexity index is 1510. The number of fused-ring (bicyclic) bond motifs is 1. The largest absolute Gasteiger partial charge is 0.380 e. The van der Waals surface area contributed by atoms with Gasteiger partial charge in [0.15, 0.2) is 0 Å². The molecule has 1 aliphatic carbocycles. The molecule has 3 heterocycles. The van der Waals surface area contributed by atoms with Gasteiger partial charge in [0.1, 0.15) is 11.6 Å². The smallest absolute Gasteiger partial charge is 0.229 e. The number of aromatic nitrogens is 4. The highest BCUT2D eigenvalue weighted by Crippen LogP contribution is 2.40. The number of carbonyl (C=O) groups is 1. The molecule has 1 aromatic carbocycles. The number of imidazole rings is 1. The van der Waals surface area contributed by atoms with Crippen LogP contribution in [0, 0.1) is 17.6 Å². The average molecular weight is 550 g/mol. The van der Waals surface area contributed by atoms with Gasteiger partial charge in [-0.2, -0.15) is 9.61 Å². The molecule has 210 valence electrons. The topological polar surface area (TPSA) is 111 Å². The number of halogens is 2. The number of nitrogens with two attached hydrogens (primary N) is 1. The second-order valence-corrected chi connectivity index (χ2v) is 10.5. The summed E-state index contributed by atoms with van der Waals surface area (Å²) in [4.78, 5) is 22.5. The van der Waals surface area contributed by atoms with Gasteiger partial charge in [0.25, 0.3) is 0 Å². The Kier molecular flexibility index (Phi) is 7.77. The molecule has 1 aliphatic rings. The molecule has 1 fully saturated rings. The molecule has 9 nitrogen and oxygen atoms in total. The number of anilines is 2. The lowest BCUT2D eigenvalue weighted by Gasteiger charge is -2.43. The zero-order valence-electron chi connectivity index (χ0n) is 22.9. The van der Waals surface area contributed by atoms with Crippen molar-refractivity contribution in [3.8, 4) is 11.3 Å². The lowest BCUT2D eigenvalue weighted by atomic mass is 9.73. The van der Waals surface area contributed by atoms with E-state index in [-0.39, 0.29) is 47.7 Å². The molecule has 11 heteroatoms. The molecule has 3 aromatic heterocycles. The molecule has 4 unspecified atom stereocenters. The summed E-state index contributed by atoms with van der Waals surface area (Å²) in [6.45, 7) is 3.78. The highest BCUT2D eigenvalue weighted by atomic mass is 19.1. The van der Waals surface area contributed by atoms with Gasteiger partial charge in [-0.15, -0.1) is 0 Å². The molecule has 0 bridgehead atoms. The van der Waals surface area contributed by atoms with E-state index >= 15 is 0 Å². The van der Waals surface area contributed by atoms with Gasteiger partial charge < -0.3 is 20.7 Å². The minimum absolute atomic E-state index is 0.000697. The van der Waals surface area contributed by atoms with E-state index in [1.165, 1.54) is 23.8 Å². The van der Waals surface area contributed by atoms with Crippen LogP contribution in [0.4, 0.5) is 20.4 Å². The van der Waals surface area contributed by atoms with Crippen LogP contribution in [0.25, 0.3) is 16.8 Å². The van der Waals surface area contributed by atoms with Gasteiger partial charge in [-0.25, -0.2) is 13.8 Å². The van der Waals surface area contributed by atoms with Crippen molar-refractivity contribution in [2.24, 2.45) is 11.7 Å². The molecule has 4 atom stereocenters. The Balaban J connectivity index is 1.45. The predicted molar refractivity (Wildman–Crippen MR) is 148 cm³/mol. The van der Waals surface area contributed by atoms with E-state index in [4.69, 9.17) is 10.5 Å². The molecule has 1 saturated carbocycles. The number of rotatable bonds is 7. The van der Waals surface area contributed by atoms with Crippen LogP contribution in [0.15, 0.2) is 48.9 Å². The van der Waals surface area contributed by atoms with E-state index in [9.17, 15) is 13.6 Å². The van der Waals surface area contributed by atoms with Crippen LogP contribution in [0.2, 0.25) is 0 Å². The zero-order chi connectivity index (χ0) is 28.6. The van der Waals surface area contributed by atoms with Crippen molar-refractivity contribution in [3.63, 3.8) is 0 Å². The molecular weight excluding hydrogens is 516 g/mol. The second kappa shape index (κ2) is 11.3. The molecule has 0 spiro atoms. The van der Waals surface area contributed by atoms with E-state index < -0.39 is 11.6 Å². The SMILES string of the molecule is COCc1cc(F)c(-c2ccc3cnc(Nc4cnccc4C4CC(C)C(N(C)C(C)=O)C(N)C4)n3n2)c(F)c1. The Hall–Kier alpha value is -3.96. The predicted octanol–water partition coefficient (Wildman–Crippen LogP) is 4.65. The van der Waals surface area contributed by atoms with Crippen molar-refractivity contribution in [1.82, 2.24) is 24.5 Å². The molecule has 0 radical (unpaired) electrons. The van der Waals surface area contributed by atoms with Gasteiger partial charge in [0.05, 0.1) is 41.5 Å². The van der Waals surface area contributed by atoms with E-state index in [2.05, 4.69) is 27.3 Å². The maximum absolute atomic E-state index is 14.9. The van der Waals surface area contributed by atoms with Gasteiger partial charge in [-0.05, 0) is 66.1 Å². The molecule has 4 aromatic rings. The fourth-order valence-corrected chi connectivity index (χ4v) is 5.92. The van der Waals surface area contributed by atoms with Crippen molar-refractivity contribution in [2.45, 2.75) is 51.3 Å². The third kappa shape index (κ3) is 5.26. The lowest BCUT2D eigenvalue weighted by molar-refractivity contribution is -0.131. The van der Waals surface area contributed by atoms with E-state index in [0.717, 1.165) is 17.7 Å². The Morgan fingerprint density at radius 2 is 1.95 bits per heavy atom. The number of pyridine rings is 1. The third-order valence-corrected chi connectivity index (χ3v) is 7.77. The first-order valence-electron chi connectivity index (χ1n) is 13.2. The standard InChI is InChI=1S/C29H33F2N7O2/c1-16-9-19(12-24(32)28(16)37(3)17(2)39)21-7-8-33-14-26(21)35-29-34-13-20-5-6-25(36-38(20)29)27-22(30)10-18(15-40-4)11-23(27)31/h5-8,10-11,13-14,16,19,24,28H,9,12,15,32H2,1-4H3,(H,34,35). The number of ether oxygens (including phenoxy) is 1. The summed E-state index contributed by atoms with van der Waals surface area (Å²) in [5.41, 5.74) is 9.32. The number of hydrogen-bond acceptors (Lipinski definition) is 7. The summed E-state index contributed by atoms with van der Waals surface area (Å²) in [7, 11) is 3.27. The first-order chi connectivity index (χ1) is 19.2. The Morgan fingerprint density at radius 3 is 2.62 bits per heavy atom. The van der Waals surface area contributed by atoms with Crippen molar-refractivity contribution >= 4 is 23.1 Å². The molecule has 3 N–H and O–H groups in total. The number of nitrogens with zero attached hydrogens (tertiary/aromatic N) is 5. The maximum Gasteiger partial charge on any atom is 0.229 e. The molecule has 1 amide bonds. The molecule has 0 aliphatic heterocycles. The van der Waals surface area contributed by atoms with Crippen LogP contribution in [0.3, 0.4) is 0 Å². The lowest BCUT2D eigenvalue weighted by Crippen LogP contribution is -2.54. The van der Waals surface area contributed by atoms with Gasteiger partial charge in [-0.1, -0.05) is 6.92 Å². The molecular formula is C29H33F2N7O2. The first kappa shape index (κ1) is 27.6. The summed E-state index contributed by atoms with van der Waals surface area (Å²) in [5.74, 6) is -0.735. The van der Waals surface area contributed by atoms with Gasteiger partial charge in [0.2, 0.25) is 11.9 Å². The van der Waals surface area contributed by atoms with Crippen molar-refractivity contribution in [2.75, 3.05) is 19.5 Å². The third-order valence-electron chi connectivity index (χ3n) is 7.77. The summed E-state index contributed by atoms with van der Waals surface area (Å²) in [6.07, 6.45) is 6.64. The second-order valence-electron chi connectivity index (χ2n) is 10.5. The normalized spacial score (nSPS) is 21.0. The van der Waals surface area contributed by atoms with Gasteiger partial charge in [0, 0.05) is 39.4 Å². The monoisotopic (exact) mass is 549 g/mol. The number of likely N-dealkylation sites (N-methyl/N-ethyl adjacent to an activating group) is 1. The molecule has 0 saturated heterocycles. The fraction of sp³-hybridized carbons (Fsp3) is 0.379. The van der Waals surface area contributed by atoms with Crippen LogP contribution >= 0.6 is 0 Å². The first-order valence-corrected chi connectivity index (χ1v) is 13.2. The number of amides is 1. The quantitative estimate of drug-likeness (QED) is 0.345. The van der Waals surface area contributed by atoms with E-state index in [1.807, 2.05) is 6.07 Å². The van der Waals surface area contributed by atoms with Crippen LogP contribution < -0.4 is 11.1 Å². The summed E-state index contributed by atoms with van der Waals surface area (Å²) < 4.78 is 36.4. The fourth-order valence-electron chi connectivity index (χ4n) is 5.92.